The Hall–Kier alpha value is -2.33. The first-order valence-electron chi connectivity index (χ1n) is 11.5. The maximum absolute atomic E-state index is 12.8. The number of phenolic OH excluding ortho intramolecular Hbond substituents is 1. The van der Waals surface area contributed by atoms with Crippen LogP contribution in [-0.4, -0.2) is 41.6 Å². The second kappa shape index (κ2) is 8.07. The van der Waals surface area contributed by atoms with E-state index in [1.807, 2.05) is 42.5 Å². The number of likely N-dealkylation sites (tertiary alicyclic amines) is 1. The van der Waals surface area contributed by atoms with E-state index in [0.717, 1.165) is 50.3 Å². The fourth-order valence-corrected chi connectivity index (χ4v) is 5.85. The van der Waals surface area contributed by atoms with Crippen molar-refractivity contribution in [2.24, 2.45) is 11.8 Å². The molecule has 0 aromatic heterocycles. The highest BCUT2D eigenvalue weighted by molar-refractivity contribution is 5.94. The Kier molecular flexibility index (Phi) is 5.28. The van der Waals surface area contributed by atoms with Crippen LogP contribution >= 0.6 is 0 Å². The van der Waals surface area contributed by atoms with Crippen molar-refractivity contribution in [1.29, 1.82) is 0 Å². The molecule has 158 valence electrons. The number of fused-ring (bicyclic) bond motifs is 1. The maximum Gasteiger partial charge on any atom is 0.251 e. The summed E-state index contributed by atoms with van der Waals surface area (Å²) in [6.45, 7) is 3.51. The number of piperidine rings is 1. The molecule has 3 fully saturated rings. The molecular weight excluding hydrogens is 372 g/mol. The Labute approximate surface area is 179 Å². The third-order valence-corrected chi connectivity index (χ3v) is 7.61. The van der Waals surface area contributed by atoms with Crippen LogP contribution in [0, 0.1) is 11.8 Å². The number of amides is 1. The van der Waals surface area contributed by atoms with Crippen molar-refractivity contribution < 1.29 is 9.90 Å². The van der Waals surface area contributed by atoms with Crippen molar-refractivity contribution >= 4 is 5.91 Å². The van der Waals surface area contributed by atoms with Crippen LogP contribution in [0.4, 0.5) is 0 Å². The summed E-state index contributed by atoms with van der Waals surface area (Å²) in [7, 11) is 0. The summed E-state index contributed by atoms with van der Waals surface area (Å²) in [6.07, 6.45) is 7.00. The number of carbonyl (C=O) groups is 1. The zero-order valence-electron chi connectivity index (χ0n) is 17.6. The predicted octanol–water partition coefficient (Wildman–Crippen LogP) is 4.34. The quantitative estimate of drug-likeness (QED) is 0.779. The second-order valence-corrected chi connectivity index (χ2v) is 9.67. The highest BCUT2D eigenvalue weighted by Gasteiger charge is 2.48. The number of nitrogens with one attached hydrogen (secondary N) is 1. The van der Waals surface area contributed by atoms with Crippen molar-refractivity contribution in [2.75, 3.05) is 19.6 Å². The molecule has 2 N–H and O–H groups in total. The molecule has 30 heavy (non-hydrogen) atoms. The first kappa shape index (κ1) is 19.6. The molecular formula is C26H32N2O2. The van der Waals surface area contributed by atoms with Gasteiger partial charge in [0.25, 0.3) is 5.91 Å². The van der Waals surface area contributed by atoms with E-state index >= 15 is 0 Å². The Balaban J connectivity index is 1.37. The standard InChI is InChI=1S/C26H32N2O2/c29-24-8-4-7-21(15-24)26-13-14-28(17-19-9-10-19)18-22(26)11-12-23(16-26)27-25(30)20-5-2-1-3-6-20/h1-8,15,19,22-23,29H,9-14,16-18H2,(H,27,30)/t22-,23+,26+/m1/s1. The van der Waals surface area contributed by atoms with E-state index in [2.05, 4.69) is 16.3 Å². The first-order chi connectivity index (χ1) is 14.6. The summed E-state index contributed by atoms with van der Waals surface area (Å²) in [5, 5.41) is 13.5. The third-order valence-electron chi connectivity index (χ3n) is 7.61. The minimum absolute atomic E-state index is 0.0243. The van der Waals surface area contributed by atoms with Crippen LogP contribution in [0.5, 0.6) is 5.75 Å². The van der Waals surface area contributed by atoms with Crippen LogP contribution in [0.15, 0.2) is 54.6 Å². The molecule has 4 nitrogen and oxygen atoms in total. The Morgan fingerprint density at radius 2 is 1.90 bits per heavy atom. The van der Waals surface area contributed by atoms with Crippen molar-refractivity contribution in [1.82, 2.24) is 10.2 Å². The number of carbonyl (C=O) groups excluding carboxylic acids is 1. The molecule has 3 aliphatic rings. The molecule has 0 unspecified atom stereocenters. The van der Waals surface area contributed by atoms with E-state index in [1.54, 1.807) is 6.07 Å². The van der Waals surface area contributed by atoms with E-state index < -0.39 is 0 Å². The molecule has 2 aromatic rings. The number of hydrogen-bond donors (Lipinski definition) is 2. The number of hydrogen-bond acceptors (Lipinski definition) is 3. The van der Waals surface area contributed by atoms with Crippen LogP contribution in [-0.2, 0) is 5.41 Å². The third kappa shape index (κ3) is 3.98. The molecule has 1 heterocycles. The lowest BCUT2D eigenvalue weighted by atomic mass is 9.58. The summed E-state index contributed by atoms with van der Waals surface area (Å²) in [5.74, 6) is 1.87. The largest absolute Gasteiger partial charge is 0.508 e. The van der Waals surface area contributed by atoms with Gasteiger partial charge in [-0.1, -0.05) is 30.3 Å². The topological polar surface area (TPSA) is 52.6 Å². The van der Waals surface area contributed by atoms with E-state index in [-0.39, 0.29) is 17.4 Å². The average molecular weight is 405 g/mol. The molecule has 2 aliphatic carbocycles. The highest BCUT2D eigenvalue weighted by atomic mass is 16.3. The smallest absolute Gasteiger partial charge is 0.251 e. The number of benzene rings is 2. The van der Waals surface area contributed by atoms with Gasteiger partial charge in [-0.05, 0) is 86.7 Å². The fraction of sp³-hybridized carbons (Fsp3) is 0.500. The summed E-state index contributed by atoms with van der Waals surface area (Å²) in [5.41, 5.74) is 2.01. The van der Waals surface area contributed by atoms with Gasteiger partial charge in [-0.15, -0.1) is 0 Å². The van der Waals surface area contributed by atoms with Gasteiger partial charge in [0.2, 0.25) is 0 Å². The minimum Gasteiger partial charge on any atom is -0.508 e. The molecule has 1 saturated heterocycles. The molecule has 2 saturated carbocycles. The van der Waals surface area contributed by atoms with Gasteiger partial charge in [0, 0.05) is 30.1 Å². The van der Waals surface area contributed by atoms with E-state index in [9.17, 15) is 9.90 Å². The van der Waals surface area contributed by atoms with Crippen molar-refractivity contribution in [3.63, 3.8) is 0 Å². The zero-order valence-corrected chi connectivity index (χ0v) is 17.6. The Morgan fingerprint density at radius 1 is 1.07 bits per heavy atom. The van der Waals surface area contributed by atoms with Crippen LogP contribution in [0.1, 0.15) is 54.4 Å². The van der Waals surface area contributed by atoms with Gasteiger partial charge in [0.1, 0.15) is 5.75 Å². The second-order valence-electron chi connectivity index (χ2n) is 9.67. The minimum atomic E-state index is 0.0243. The molecule has 4 heteroatoms. The molecule has 0 bridgehead atoms. The molecule has 1 aliphatic heterocycles. The van der Waals surface area contributed by atoms with Crippen LogP contribution in [0.2, 0.25) is 0 Å². The van der Waals surface area contributed by atoms with E-state index in [0.29, 0.717) is 11.7 Å². The lowest BCUT2D eigenvalue weighted by molar-refractivity contribution is 0.0403. The van der Waals surface area contributed by atoms with Crippen molar-refractivity contribution in [3.05, 3.63) is 65.7 Å². The zero-order chi connectivity index (χ0) is 20.6. The summed E-state index contributed by atoms with van der Waals surface area (Å²) >= 11 is 0. The van der Waals surface area contributed by atoms with E-state index in [4.69, 9.17) is 0 Å². The van der Waals surface area contributed by atoms with Gasteiger partial charge in [0.05, 0.1) is 0 Å². The summed E-state index contributed by atoms with van der Waals surface area (Å²) < 4.78 is 0. The van der Waals surface area contributed by atoms with Crippen molar-refractivity contribution in [2.45, 2.75) is 50.0 Å². The van der Waals surface area contributed by atoms with E-state index in [1.165, 1.54) is 24.9 Å². The molecule has 1 amide bonds. The number of phenols is 1. The lowest BCUT2D eigenvalue weighted by Crippen LogP contribution is -2.56. The predicted molar refractivity (Wildman–Crippen MR) is 119 cm³/mol. The van der Waals surface area contributed by atoms with Crippen LogP contribution in [0.25, 0.3) is 0 Å². The Bertz CT molecular complexity index is 895. The lowest BCUT2D eigenvalue weighted by Gasteiger charge is -2.53. The molecule has 2 aromatic carbocycles. The molecule has 0 radical (unpaired) electrons. The van der Waals surface area contributed by atoms with Crippen LogP contribution < -0.4 is 5.32 Å². The highest BCUT2D eigenvalue weighted by Crippen LogP contribution is 2.50. The monoisotopic (exact) mass is 404 g/mol. The number of aromatic hydroxyl groups is 1. The summed E-state index contributed by atoms with van der Waals surface area (Å²) in [4.78, 5) is 15.5. The number of nitrogens with zero attached hydrogens (tertiary/aromatic N) is 1. The molecule has 5 rings (SSSR count). The van der Waals surface area contributed by atoms with Gasteiger partial charge < -0.3 is 15.3 Å². The first-order valence-corrected chi connectivity index (χ1v) is 11.5. The normalized spacial score (nSPS) is 29.2. The van der Waals surface area contributed by atoms with Gasteiger partial charge in [-0.3, -0.25) is 4.79 Å². The van der Waals surface area contributed by atoms with Crippen LogP contribution in [0.3, 0.4) is 0 Å². The van der Waals surface area contributed by atoms with Gasteiger partial charge in [-0.25, -0.2) is 0 Å². The molecule has 3 atom stereocenters. The average Bonchev–Trinajstić information content (AvgIpc) is 3.58. The van der Waals surface area contributed by atoms with Gasteiger partial charge >= 0.3 is 0 Å². The fourth-order valence-electron chi connectivity index (χ4n) is 5.85. The summed E-state index contributed by atoms with van der Waals surface area (Å²) in [6, 6.07) is 17.6. The van der Waals surface area contributed by atoms with Crippen molar-refractivity contribution in [3.8, 4) is 5.75 Å². The number of rotatable bonds is 5. The maximum atomic E-state index is 12.8. The Morgan fingerprint density at radius 3 is 2.67 bits per heavy atom. The SMILES string of the molecule is O=C(N[C@H]1CC[C@@H]2CN(CC3CC3)CC[C@@]2(c2cccc(O)c2)C1)c1ccccc1. The van der Waals surface area contributed by atoms with Gasteiger partial charge in [0.15, 0.2) is 0 Å². The molecule has 0 spiro atoms. The van der Waals surface area contributed by atoms with Gasteiger partial charge in [-0.2, -0.15) is 0 Å².